The van der Waals surface area contributed by atoms with E-state index in [1.165, 1.54) is 0 Å². The fraction of sp³-hybridized carbons (Fsp3) is 0.412. The van der Waals surface area contributed by atoms with Crippen molar-refractivity contribution in [1.29, 1.82) is 0 Å². The summed E-state index contributed by atoms with van der Waals surface area (Å²) in [5, 5.41) is 4.22. The summed E-state index contributed by atoms with van der Waals surface area (Å²) in [6, 6.07) is 5.95. The van der Waals surface area contributed by atoms with Gasteiger partial charge in [0.05, 0.1) is 0 Å². The average Bonchev–Trinajstić information content (AvgIpc) is 2.81. The second kappa shape index (κ2) is 5.72. The summed E-state index contributed by atoms with van der Waals surface area (Å²) in [5.74, 6) is 1.70. The molecule has 1 N–H and O–H groups in total. The molecule has 0 aliphatic heterocycles. The number of amides is 1. The van der Waals surface area contributed by atoms with Crippen LogP contribution in [0, 0.1) is 25.7 Å². The number of fused-ring (bicyclic) bond motifs is 1. The number of hydrogen-bond donors (Lipinski definition) is 1. The van der Waals surface area contributed by atoms with Gasteiger partial charge in [-0.25, -0.2) is 5.43 Å². The molecule has 4 heteroatoms. The molecule has 21 heavy (non-hydrogen) atoms. The molecule has 1 aromatic rings. The number of allylic oxidation sites excluding steroid dienone is 2. The maximum absolute atomic E-state index is 11.8. The molecular weight excluding hydrogens is 264 g/mol. The average molecular weight is 284 g/mol. The van der Waals surface area contributed by atoms with Crippen LogP contribution in [-0.4, -0.2) is 18.2 Å². The monoisotopic (exact) mass is 284 g/mol. The van der Waals surface area contributed by atoms with Gasteiger partial charge in [-0.1, -0.05) is 24.3 Å². The Kier molecular flexibility index (Phi) is 3.78. The number of carbonyl (C=O) groups excluding carboxylic acids is 1. The molecule has 0 aromatic heterocycles. The zero-order valence-corrected chi connectivity index (χ0v) is 12.4. The minimum absolute atomic E-state index is 0.00653. The number of rotatable bonds is 4. The SMILES string of the molecule is Cc1ccc(C)c(OCC(=O)N/N=C2/CC3C=CCC23)c1. The van der Waals surface area contributed by atoms with Gasteiger partial charge in [-0.05, 0) is 49.8 Å². The summed E-state index contributed by atoms with van der Waals surface area (Å²) >= 11 is 0. The van der Waals surface area contributed by atoms with Gasteiger partial charge in [0, 0.05) is 11.6 Å². The topological polar surface area (TPSA) is 50.7 Å². The first kappa shape index (κ1) is 13.9. The van der Waals surface area contributed by atoms with Crippen molar-refractivity contribution in [2.45, 2.75) is 26.7 Å². The molecule has 2 aliphatic rings. The van der Waals surface area contributed by atoms with Crippen molar-refractivity contribution in [3.8, 4) is 5.75 Å². The molecule has 3 rings (SSSR count). The van der Waals surface area contributed by atoms with Gasteiger partial charge in [0.2, 0.25) is 0 Å². The van der Waals surface area contributed by atoms with E-state index in [9.17, 15) is 4.79 Å². The molecule has 0 radical (unpaired) electrons. The first-order chi connectivity index (χ1) is 10.1. The van der Waals surface area contributed by atoms with E-state index in [0.29, 0.717) is 11.8 Å². The highest BCUT2D eigenvalue weighted by molar-refractivity contribution is 5.94. The van der Waals surface area contributed by atoms with Crippen molar-refractivity contribution in [2.24, 2.45) is 16.9 Å². The molecule has 4 nitrogen and oxygen atoms in total. The van der Waals surface area contributed by atoms with Gasteiger partial charge in [-0.2, -0.15) is 5.10 Å². The van der Waals surface area contributed by atoms with Crippen LogP contribution in [0.15, 0.2) is 35.5 Å². The zero-order valence-electron chi connectivity index (χ0n) is 12.4. The van der Waals surface area contributed by atoms with E-state index in [1.54, 1.807) is 0 Å². The lowest BCUT2D eigenvalue weighted by atomic mass is 9.74. The molecule has 1 fully saturated rings. The van der Waals surface area contributed by atoms with E-state index in [1.807, 2.05) is 32.0 Å². The summed E-state index contributed by atoms with van der Waals surface area (Å²) in [5.41, 5.74) is 5.84. The molecule has 0 saturated heterocycles. The molecule has 110 valence electrons. The van der Waals surface area contributed by atoms with Gasteiger partial charge < -0.3 is 4.74 Å². The van der Waals surface area contributed by atoms with Crippen LogP contribution in [0.3, 0.4) is 0 Å². The van der Waals surface area contributed by atoms with E-state index >= 15 is 0 Å². The number of nitrogens with zero attached hydrogens (tertiary/aromatic N) is 1. The van der Waals surface area contributed by atoms with Gasteiger partial charge >= 0.3 is 0 Å². The highest BCUT2D eigenvalue weighted by Gasteiger charge is 2.37. The highest BCUT2D eigenvalue weighted by Crippen LogP contribution is 2.39. The Morgan fingerprint density at radius 2 is 2.29 bits per heavy atom. The quantitative estimate of drug-likeness (QED) is 0.682. The van der Waals surface area contributed by atoms with Crippen molar-refractivity contribution < 1.29 is 9.53 Å². The maximum Gasteiger partial charge on any atom is 0.277 e. The number of benzene rings is 1. The van der Waals surface area contributed by atoms with Crippen LogP contribution in [0.2, 0.25) is 0 Å². The molecule has 0 spiro atoms. The largest absolute Gasteiger partial charge is 0.483 e. The Labute approximate surface area is 124 Å². The predicted octanol–water partition coefficient (Wildman–Crippen LogP) is 2.75. The number of aryl methyl sites for hydroxylation is 2. The van der Waals surface area contributed by atoms with Crippen LogP contribution in [0.1, 0.15) is 24.0 Å². The Morgan fingerprint density at radius 3 is 3.10 bits per heavy atom. The molecule has 2 atom stereocenters. The summed E-state index contributed by atoms with van der Waals surface area (Å²) in [4.78, 5) is 11.8. The van der Waals surface area contributed by atoms with E-state index in [4.69, 9.17) is 4.74 Å². The molecule has 1 saturated carbocycles. The highest BCUT2D eigenvalue weighted by atomic mass is 16.5. The first-order valence-corrected chi connectivity index (χ1v) is 7.35. The van der Waals surface area contributed by atoms with E-state index in [0.717, 1.165) is 35.4 Å². The lowest BCUT2D eigenvalue weighted by Crippen LogP contribution is -2.36. The van der Waals surface area contributed by atoms with Crippen LogP contribution in [0.25, 0.3) is 0 Å². The molecular formula is C17H20N2O2. The van der Waals surface area contributed by atoms with Crippen LogP contribution >= 0.6 is 0 Å². The summed E-state index contributed by atoms with van der Waals surface area (Å²) in [6.07, 6.45) is 6.47. The lowest BCUT2D eigenvalue weighted by Gasteiger charge is -2.31. The second-order valence-electron chi connectivity index (χ2n) is 5.83. The van der Waals surface area contributed by atoms with Gasteiger partial charge in [-0.15, -0.1) is 0 Å². The molecule has 0 heterocycles. The third-order valence-corrected chi connectivity index (χ3v) is 4.19. The minimum atomic E-state index is -0.210. The second-order valence-corrected chi connectivity index (χ2v) is 5.83. The van der Waals surface area contributed by atoms with Crippen LogP contribution in [0.4, 0.5) is 0 Å². The van der Waals surface area contributed by atoms with Gasteiger partial charge in [0.15, 0.2) is 6.61 Å². The Bertz CT molecular complexity index is 619. The standard InChI is InChI=1S/C17H20N2O2/c1-11-6-7-12(2)16(8-11)21-10-17(20)19-18-15-9-13-4-3-5-14(13)15/h3-4,6-8,13-14H,5,9-10H2,1-2H3,(H,19,20)/b18-15-. The van der Waals surface area contributed by atoms with Crippen molar-refractivity contribution in [3.63, 3.8) is 0 Å². The number of carbonyl (C=O) groups is 1. The van der Waals surface area contributed by atoms with Crippen molar-refractivity contribution >= 4 is 11.6 Å². The van der Waals surface area contributed by atoms with E-state index in [-0.39, 0.29) is 12.5 Å². The molecule has 2 unspecified atom stereocenters. The summed E-state index contributed by atoms with van der Waals surface area (Å²) in [7, 11) is 0. The maximum atomic E-state index is 11.8. The van der Waals surface area contributed by atoms with Crippen molar-refractivity contribution in [3.05, 3.63) is 41.5 Å². The van der Waals surface area contributed by atoms with Gasteiger partial charge in [0.25, 0.3) is 5.91 Å². The lowest BCUT2D eigenvalue weighted by molar-refractivity contribution is -0.123. The fourth-order valence-corrected chi connectivity index (χ4v) is 2.84. The first-order valence-electron chi connectivity index (χ1n) is 7.35. The molecule has 0 bridgehead atoms. The third kappa shape index (κ3) is 2.99. The van der Waals surface area contributed by atoms with Crippen LogP contribution < -0.4 is 10.2 Å². The van der Waals surface area contributed by atoms with Gasteiger partial charge in [0.1, 0.15) is 5.75 Å². The number of ether oxygens (including phenoxy) is 1. The van der Waals surface area contributed by atoms with Gasteiger partial charge in [-0.3, -0.25) is 4.79 Å². The number of hydrogen-bond acceptors (Lipinski definition) is 3. The smallest absolute Gasteiger partial charge is 0.277 e. The summed E-state index contributed by atoms with van der Waals surface area (Å²) < 4.78 is 5.56. The molecule has 1 aromatic carbocycles. The van der Waals surface area contributed by atoms with Crippen molar-refractivity contribution in [1.82, 2.24) is 5.43 Å². The molecule has 1 amide bonds. The Morgan fingerprint density at radius 1 is 1.43 bits per heavy atom. The van der Waals surface area contributed by atoms with E-state index in [2.05, 4.69) is 22.7 Å². The fourth-order valence-electron chi connectivity index (χ4n) is 2.84. The number of hydrazone groups is 1. The summed E-state index contributed by atoms with van der Waals surface area (Å²) in [6.45, 7) is 3.96. The Hall–Kier alpha value is -2.10. The van der Waals surface area contributed by atoms with Crippen LogP contribution in [-0.2, 0) is 4.79 Å². The van der Waals surface area contributed by atoms with Crippen LogP contribution in [0.5, 0.6) is 5.75 Å². The zero-order chi connectivity index (χ0) is 14.8. The number of nitrogens with one attached hydrogen (secondary N) is 1. The van der Waals surface area contributed by atoms with E-state index < -0.39 is 0 Å². The predicted molar refractivity (Wildman–Crippen MR) is 82.3 cm³/mol. The third-order valence-electron chi connectivity index (χ3n) is 4.19. The van der Waals surface area contributed by atoms with Crippen molar-refractivity contribution in [2.75, 3.05) is 6.61 Å². The normalized spacial score (nSPS) is 24.6. The molecule has 2 aliphatic carbocycles. The minimum Gasteiger partial charge on any atom is -0.483 e. The Balaban J connectivity index is 1.49.